The Morgan fingerprint density at radius 3 is 2.55 bits per heavy atom. The lowest BCUT2D eigenvalue weighted by molar-refractivity contribution is 0.0996. The minimum absolute atomic E-state index is 0.0778. The Hall–Kier alpha value is -4.39. The van der Waals surface area contributed by atoms with Crippen LogP contribution in [0.15, 0.2) is 48.7 Å². The van der Waals surface area contributed by atoms with Crippen LogP contribution in [0.3, 0.4) is 0 Å². The van der Waals surface area contributed by atoms with Gasteiger partial charge in [-0.25, -0.2) is 20.4 Å². The number of aromatic nitrogens is 2. The number of nitrogens with one attached hydrogen (secondary N) is 1. The molecular formula is C19H15FN6O3. The molecule has 0 atom stereocenters. The van der Waals surface area contributed by atoms with Crippen LogP contribution in [0, 0.1) is 12.4 Å². The van der Waals surface area contributed by atoms with E-state index in [1.807, 2.05) is 0 Å². The quantitative estimate of drug-likeness (QED) is 0.555. The highest BCUT2D eigenvalue weighted by atomic mass is 19.1. The van der Waals surface area contributed by atoms with Crippen LogP contribution >= 0.6 is 0 Å². The summed E-state index contributed by atoms with van der Waals surface area (Å²) in [4.78, 5) is 25.7. The van der Waals surface area contributed by atoms with Crippen molar-refractivity contribution in [2.24, 2.45) is 11.5 Å². The predicted octanol–water partition coefficient (Wildman–Crippen LogP) is 2.52. The van der Waals surface area contributed by atoms with Gasteiger partial charge in [0.05, 0.1) is 17.6 Å². The van der Waals surface area contributed by atoms with Crippen LogP contribution in [0.5, 0.6) is 5.75 Å². The molecule has 0 unspecified atom stereocenters. The highest BCUT2D eigenvalue weighted by Gasteiger charge is 2.16. The summed E-state index contributed by atoms with van der Waals surface area (Å²) in [5, 5.41) is 6.35. The van der Waals surface area contributed by atoms with Gasteiger partial charge in [0.2, 0.25) is 0 Å². The minimum atomic E-state index is -0.861. The topological polar surface area (TPSA) is 130 Å². The summed E-state index contributed by atoms with van der Waals surface area (Å²) in [6.45, 7) is 6.65. The van der Waals surface area contributed by atoms with Crippen molar-refractivity contribution in [3.05, 3.63) is 71.6 Å². The lowest BCUT2D eigenvalue weighted by atomic mass is 10.0. The Morgan fingerprint density at radius 2 is 1.93 bits per heavy atom. The molecule has 0 radical (unpaired) electrons. The maximum atomic E-state index is 13.7. The summed E-state index contributed by atoms with van der Waals surface area (Å²) in [5.74, 6) is -0.900. The van der Waals surface area contributed by atoms with Crippen LogP contribution in [0.4, 0.5) is 14.9 Å². The molecule has 0 spiro atoms. The van der Waals surface area contributed by atoms with E-state index >= 15 is 0 Å². The predicted molar refractivity (Wildman–Crippen MR) is 103 cm³/mol. The van der Waals surface area contributed by atoms with Gasteiger partial charge in [0.15, 0.2) is 5.69 Å². The first-order valence-corrected chi connectivity index (χ1v) is 8.21. The van der Waals surface area contributed by atoms with Crippen LogP contribution in [-0.2, 0) is 0 Å². The number of halogens is 1. The average molecular weight is 394 g/mol. The Labute approximate surface area is 164 Å². The second-order valence-electron chi connectivity index (χ2n) is 5.81. The molecule has 0 bridgehead atoms. The van der Waals surface area contributed by atoms with Gasteiger partial charge >= 0.3 is 12.8 Å². The number of hydrogen-bond acceptors (Lipinski definition) is 4. The molecule has 0 aliphatic heterocycles. The van der Waals surface area contributed by atoms with E-state index in [2.05, 4.69) is 15.3 Å². The zero-order valence-electron chi connectivity index (χ0n) is 14.9. The molecular weight excluding hydrogens is 379 g/mol. The highest BCUT2D eigenvalue weighted by Crippen LogP contribution is 2.31. The molecule has 0 saturated heterocycles. The maximum absolute atomic E-state index is 13.7. The molecule has 1 aromatic heterocycles. The Bertz CT molecular complexity index is 1120. The van der Waals surface area contributed by atoms with Crippen molar-refractivity contribution in [3.8, 4) is 22.6 Å². The zero-order chi connectivity index (χ0) is 21.0. The Morgan fingerprint density at radius 1 is 1.21 bits per heavy atom. The van der Waals surface area contributed by atoms with Crippen LogP contribution in [-0.4, -0.2) is 28.4 Å². The van der Waals surface area contributed by atoms with Crippen LogP contribution in [0.2, 0.25) is 0 Å². The van der Waals surface area contributed by atoms with E-state index in [1.54, 1.807) is 24.3 Å². The normalized spacial score (nSPS) is 10.2. The zero-order valence-corrected chi connectivity index (χ0v) is 14.9. The fraction of sp³-hybridized carbons (Fsp3) is 0.0526. The smallest absolute Gasteiger partial charge is 0.357 e. The van der Waals surface area contributed by atoms with Crippen molar-refractivity contribution < 1.29 is 18.7 Å². The summed E-state index contributed by atoms with van der Waals surface area (Å²) >= 11 is 0. The number of urea groups is 1. The monoisotopic (exact) mass is 394 g/mol. The molecule has 3 amide bonds. The molecule has 0 aliphatic rings. The van der Waals surface area contributed by atoms with Gasteiger partial charge < -0.3 is 21.5 Å². The number of anilines is 1. The van der Waals surface area contributed by atoms with E-state index in [1.165, 1.54) is 29.1 Å². The summed E-state index contributed by atoms with van der Waals surface area (Å²) in [7, 11) is 0. The molecule has 9 nitrogen and oxygen atoms in total. The number of carbonyl (C=O) groups is 2. The summed E-state index contributed by atoms with van der Waals surface area (Å²) in [6.07, 6.45) is 1.40. The number of carbonyl (C=O) groups excluding carboxylic acids is 2. The third-order valence-corrected chi connectivity index (χ3v) is 3.87. The van der Waals surface area contributed by atoms with Crippen molar-refractivity contribution in [1.29, 1.82) is 0 Å². The number of rotatable bonds is 6. The molecule has 5 N–H and O–H groups in total. The van der Waals surface area contributed by atoms with Gasteiger partial charge in [-0.15, -0.1) is 0 Å². The summed E-state index contributed by atoms with van der Waals surface area (Å²) in [5.41, 5.74) is 12.0. The summed E-state index contributed by atoms with van der Waals surface area (Å²) < 4.78 is 20.4. The van der Waals surface area contributed by atoms with E-state index < -0.39 is 17.8 Å². The van der Waals surface area contributed by atoms with E-state index in [-0.39, 0.29) is 18.1 Å². The number of nitrogens with zero attached hydrogens (tertiary/aromatic N) is 3. The van der Waals surface area contributed by atoms with Crippen molar-refractivity contribution in [3.63, 3.8) is 0 Å². The SMILES string of the molecule is [C-]#[N+]COc1ccc(F)cc1-c1ccc(-n2cc(NC(N)=O)c(C(N)=O)n2)cc1. The highest BCUT2D eigenvalue weighted by molar-refractivity contribution is 6.00. The third-order valence-electron chi connectivity index (χ3n) is 3.87. The first-order valence-electron chi connectivity index (χ1n) is 8.21. The molecule has 1 heterocycles. The van der Waals surface area contributed by atoms with Crippen molar-refractivity contribution in [2.45, 2.75) is 0 Å². The number of hydrogen-bond donors (Lipinski definition) is 3. The molecule has 3 rings (SSSR count). The fourth-order valence-electron chi connectivity index (χ4n) is 2.66. The number of benzene rings is 2. The number of primary amides is 2. The van der Waals surface area contributed by atoms with E-state index in [4.69, 9.17) is 22.8 Å². The number of nitrogens with two attached hydrogens (primary N) is 2. The van der Waals surface area contributed by atoms with Gasteiger partial charge in [0.25, 0.3) is 5.91 Å². The van der Waals surface area contributed by atoms with Crippen molar-refractivity contribution in [2.75, 3.05) is 12.0 Å². The van der Waals surface area contributed by atoms with Crippen molar-refractivity contribution in [1.82, 2.24) is 9.78 Å². The standard InChI is InChI=1S/C19H15FN6O3/c1-23-10-29-16-7-4-12(20)8-14(16)11-2-5-13(6-3-11)26-9-15(24-19(22)28)17(25-26)18(21)27/h2-9H,10H2,(H2,21,27)(H3,22,24,28). The van der Waals surface area contributed by atoms with E-state index in [0.29, 0.717) is 22.6 Å². The Kier molecular flexibility index (Phi) is 5.41. The molecule has 10 heteroatoms. The molecule has 0 aliphatic carbocycles. The molecule has 29 heavy (non-hydrogen) atoms. The molecule has 3 aromatic rings. The third kappa shape index (κ3) is 4.30. The summed E-state index contributed by atoms with van der Waals surface area (Å²) in [6, 6.07) is 9.89. The minimum Gasteiger partial charge on any atom is -0.425 e. The number of amides is 3. The lowest BCUT2D eigenvalue weighted by Gasteiger charge is -2.09. The van der Waals surface area contributed by atoms with Gasteiger partial charge in [-0.1, -0.05) is 12.1 Å². The van der Waals surface area contributed by atoms with Gasteiger partial charge in [0, 0.05) is 5.56 Å². The van der Waals surface area contributed by atoms with Gasteiger partial charge in [0.1, 0.15) is 11.6 Å². The first-order chi connectivity index (χ1) is 13.9. The van der Waals surface area contributed by atoms with E-state index in [9.17, 15) is 14.0 Å². The Balaban J connectivity index is 1.96. The van der Waals surface area contributed by atoms with E-state index in [0.717, 1.165) is 0 Å². The molecule has 0 saturated carbocycles. The lowest BCUT2D eigenvalue weighted by Crippen LogP contribution is -2.22. The van der Waals surface area contributed by atoms with Crippen LogP contribution in [0.25, 0.3) is 21.7 Å². The first kappa shape index (κ1) is 19.4. The van der Waals surface area contributed by atoms with Gasteiger partial charge in [-0.2, -0.15) is 5.10 Å². The van der Waals surface area contributed by atoms with Gasteiger partial charge in [-0.3, -0.25) is 9.64 Å². The second kappa shape index (κ2) is 8.10. The van der Waals surface area contributed by atoms with Crippen molar-refractivity contribution >= 4 is 17.6 Å². The maximum Gasteiger partial charge on any atom is 0.357 e. The van der Waals surface area contributed by atoms with Crippen LogP contribution < -0.4 is 21.5 Å². The fourth-order valence-corrected chi connectivity index (χ4v) is 2.66. The second-order valence-corrected chi connectivity index (χ2v) is 5.81. The average Bonchev–Trinajstić information content (AvgIpc) is 3.10. The largest absolute Gasteiger partial charge is 0.425 e. The molecule has 0 fully saturated rings. The number of ether oxygens (including phenoxy) is 1. The van der Waals surface area contributed by atoms with Gasteiger partial charge in [-0.05, 0) is 35.9 Å². The van der Waals surface area contributed by atoms with Crippen LogP contribution in [0.1, 0.15) is 10.5 Å². The molecule has 146 valence electrons. The molecule has 2 aromatic carbocycles.